The summed E-state index contributed by atoms with van der Waals surface area (Å²) in [6.07, 6.45) is 5.60. The number of amides is 3. The Labute approximate surface area is 167 Å². The molecule has 1 aliphatic heterocycles. The molecule has 7 nitrogen and oxygen atoms in total. The van der Waals surface area contributed by atoms with Gasteiger partial charge >= 0.3 is 6.03 Å². The highest BCUT2D eigenvalue weighted by Crippen LogP contribution is 2.17. The van der Waals surface area contributed by atoms with Crippen molar-refractivity contribution in [1.29, 1.82) is 0 Å². The van der Waals surface area contributed by atoms with Crippen LogP contribution < -0.4 is 25.2 Å². The number of hydrogen-bond acceptors (Lipinski definition) is 3. The minimum absolute atomic E-state index is 0.181. The molecule has 7 heteroatoms. The monoisotopic (exact) mass is 390 g/mol. The topological polar surface area (TPSA) is 76.3 Å². The fourth-order valence-corrected chi connectivity index (χ4v) is 4.08. The van der Waals surface area contributed by atoms with Crippen LogP contribution in [0.3, 0.4) is 0 Å². The van der Waals surface area contributed by atoms with E-state index >= 15 is 0 Å². The number of nitrogens with one attached hydrogen (secondary N) is 4. The van der Waals surface area contributed by atoms with Crippen molar-refractivity contribution in [3.63, 3.8) is 0 Å². The number of carbonyl (C=O) groups is 2. The van der Waals surface area contributed by atoms with Crippen LogP contribution in [0.1, 0.15) is 32.1 Å². The molecule has 4 N–H and O–H groups in total. The minimum atomic E-state index is -0.335. The van der Waals surface area contributed by atoms with Crippen molar-refractivity contribution in [3.05, 3.63) is 30.3 Å². The van der Waals surface area contributed by atoms with E-state index in [-0.39, 0.29) is 18.0 Å². The molecule has 1 heterocycles. The van der Waals surface area contributed by atoms with Gasteiger partial charge in [-0.05, 0) is 25.0 Å². The summed E-state index contributed by atoms with van der Waals surface area (Å²) in [4.78, 5) is 26.9. The highest BCUT2D eigenvalue weighted by atomic mass is 16.5. The summed E-state index contributed by atoms with van der Waals surface area (Å²) < 4.78 is 5.77. The lowest BCUT2D eigenvalue weighted by atomic mass is 9.96. The molecule has 3 amide bonds. The standard InChI is InChI=1S/C21H32N4O3/c26-20(23-21(27)22-18-7-3-1-4-8-18)17-25-13-11-24(12-14-25)15-16-28-19-9-5-2-6-10-19/h2,5-6,9-10,18H,1,3-4,7-8,11-17H2,(H2,22,23,26,27)/p+2. The zero-order valence-electron chi connectivity index (χ0n) is 16.7. The number of para-hydroxylation sites is 1. The number of rotatable bonds is 7. The van der Waals surface area contributed by atoms with Gasteiger partial charge in [0.25, 0.3) is 5.91 Å². The predicted molar refractivity (Wildman–Crippen MR) is 107 cm³/mol. The van der Waals surface area contributed by atoms with E-state index in [9.17, 15) is 9.59 Å². The van der Waals surface area contributed by atoms with Crippen LogP contribution in [0, 0.1) is 0 Å². The molecule has 0 radical (unpaired) electrons. The molecule has 0 bridgehead atoms. The summed E-state index contributed by atoms with van der Waals surface area (Å²) in [6.45, 7) is 5.97. The molecule has 1 aliphatic carbocycles. The molecule has 3 rings (SSSR count). The summed E-state index contributed by atoms with van der Waals surface area (Å²) in [5, 5.41) is 5.43. The number of piperazine rings is 1. The van der Waals surface area contributed by atoms with Crippen molar-refractivity contribution in [1.82, 2.24) is 10.6 Å². The van der Waals surface area contributed by atoms with Gasteiger partial charge in [0.2, 0.25) is 0 Å². The maximum atomic E-state index is 12.2. The molecule has 1 aromatic rings. The maximum absolute atomic E-state index is 12.2. The lowest BCUT2D eigenvalue weighted by molar-refractivity contribution is -1.01. The second kappa shape index (κ2) is 11.0. The first kappa shape index (κ1) is 20.6. The van der Waals surface area contributed by atoms with E-state index in [1.807, 2.05) is 30.3 Å². The third-order valence-electron chi connectivity index (χ3n) is 5.74. The fourth-order valence-electron chi connectivity index (χ4n) is 4.08. The van der Waals surface area contributed by atoms with Crippen molar-refractivity contribution < 1.29 is 24.1 Å². The van der Waals surface area contributed by atoms with Crippen LogP contribution in [0.5, 0.6) is 5.75 Å². The molecule has 2 fully saturated rings. The normalized spacial score (nSPS) is 23.0. The van der Waals surface area contributed by atoms with E-state index in [2.05, 4.69) is 10.6 Å². The summed E-state index contributed by atoms with van der Waals surface area (Å²) in [5.74, 6) is 0.730. The van der Waals surface area contributed by atoms with Crippen LogP contribution >= 0.6 is 0 Å². The van der Waals surface area contributed by atoms with Gasteiger partial charge < -0.3 is 19.9 Å². The van der Waals surface area contributed by atoms with Gasteiger partial charge in [0, 0.05) is 6.04 Å². The molecule has 1 saturated carbocycles. The smallest absolute Gasteiger partial charge is 0.321 e. The van der Waals surface area contributed by atoms with Crippen LogP contribution in [0.25, 0.3) is 0 Å². The first-order valence-corrected chi connectivity index (χ1v) is 10.6. The molecular weight excluding hydrogens is 356 g/mol. The summed E-state index contributed by atoms with van der Waals surface area (Å²) in [5.41, 5.74) is 0. The van der Waals surface area contributed by atoms with Crippen LogP contribution in [0.2, 0.25) is 0 Å². The van der Waals surface area contributed by atoms with Crippen molar-refractivity contribution in [3.8, 4) is 5.75 Å². The van der Waals surface area contributed by atoms with Gasteiger partial charge in [0.05, 0.1) is 0 Å². The average Bonchev–Trinajstić information content (AvgIpc) is 2.71. The lowest BCUT2D eigenvalue weighted by Crippen LogP contribution is -3.28. The molecule has 0 spiro atoms. The fraction of sp³-hybridized carbons (Fsp3) is 0.619. The van der Waals surface area contributed by atoms with Crippen molar-refractivity contribution in [2.45, 2.75) is 38.1 Å². The molecule has 1 saturated heterocycles. The Morgan fingerprint density at radius 2 is 1.64 bits per heavy atom. The van der Waals surface area contributed by atoms with Crippen LogP contribution in [-0.4, -0.2) is 63.9 Å². The maximum Gasteiger partial charge on any atom is 0.321 e. The molecule has 0 unspecified atom stereocenters. The summed E-state index contributed by atoms with van der Waals surface area (Å²) in [6, 6.07) is 9.77. The van der Waals surface area contributed by atoms with E-state index in [0.29, 0.717) is 13.2 Å². The van der Waals surface area contributed by atoms with Gasteiger partial charge in [0.1, 0.15) is 45.1 Å². The SMILES string of the molecule is O=C(C[NH+]1CC[NH+](CCOc2ccccc2)CC1)NC(=O)NC1CCCCC1. The quantitative estimate of drug-likeness (QED) is 0.483. The minimum Gasteiger partial charge on any atom is -0.488 e. The van der Waals surface area contributed by atoms with E-state index in [1.54, 1.807) is 0 Å². The lowest BCUT2D eigenvalue weighted by Gasteiger charge is -2.29. The molecule has 0 atom stereocenters. The number of quaternary nitrogens is 2. The summed E-state index contributed by atoms with van der Waals surface area (Å²) >= 11 is 0. The van der Waals surface area contributed by atoms with Gasteiger partial charge in [-0.15, -0.1) is 0 Å². The molecule has 0 aromatic heterocycles. The zero-order valence-corrected chi connectivity index (χ0v) is 16.7. The predicted octanol–water partition coefficient (Wildman–Crippen LogP) is -0.993. The zero-order chi connectivity index (χ0) is 19.6. The van der Waals surface area contributed by atoms with Gasteiger partial charge in [-0.3, -0.25) is 10.1 Å². The highest BCUT2D eigenvalue weighted by Gasteiger charge is 2.25. The number of ether oxygens (including phenoxy) is 1. The van der Waals surface area contributed by atoms with Crippen LogP contribution in [-0.2, 0) is 4.79 Å². The Kier molecular flexibility index (Phi) is 8.11. The Morgan fingerprint density at radius 3 is 2.36 bits per heavy atom. The second-order valence-corrected chi connectivity index (χ2v) is 7.94. The van der Waals surface area contributed by atoms with Crippen LogP contribution in [0.15, 0.2) is 30.3 Å². The van der Waals surface area contributed by atoms with Crippen molar-refractivity contribution >= 4 is 11.9 Å². The van der Waals surface area contributed by atoms with Gasteiger partial charge in [0.15, 0.2) is 6.54 Å². The third kappa shape index (κ3) is 7.13. The number of benzene rings is 1. The Balaban J connectivity index is 1.27. The van der Waals surface area contributed by atoms with E-state index in [4.69, 9.17) is 4.74 Å². The third-order valence-corrected chi connectivity index (χ3v) is 5.74. The first-order chi connectivity index (χ1) is 13.7. The molecule has 28 heavy (non-hydrogen) atoms. The van der Waals surface area contributed by atoms with Gasteiger partial charge in [-0.25, -0.2) is 4.79 Å². The van der Waals surface area contributed by atoms with E-state index in [0.717, 1.165) is 64.2 Å². The Bertz CT molecular complexity index is 611. The largest absolute Gasteiger partial charge is 0.488 e. The van der Waals surface area contributed by atoms with Crippen molar-refractivity contribution in [2.24, 2.45) is 0 Å². The first-order valence-electron chi connectivity index (χ1n) is 10.6. The molecular formula is C21H34N4O3+2. The number of carbonyl (C=O) groups excluding carboxylic acids is 2. The number of urea groups is 1. The van der Waals surface area contributed by atoms with Gasteiger partial charge in [-0.2, -0.15) is 0 Å². The average molecular weight is 391 g/mol. The van der Waals surface area contributed by atoms with Crippen molar-refractivity contribution in [2.75, 3.05) is 45.9 Å². The van der Waals surface area contributed by atoms with Crippen LogP contribution in [0.4, 0.5) is 4.79 Å². The highest BCUT2D eigenvalue weighted by molar-refractivity contribution is 5.94. The number of hydrogen-bond donors (Lipinski definition) is 4. The molecule has 154 valence electrons. The second-order valence-electron chi connectivity index (χ2n) is 7.94. The Hall–Kier alpha value is -2.12. The number of imide groups is 1. The van der Waals surface area contributed by atoms with E-state index in [1.165, 1.54) is 16.2 Å². The Morgan fingerprint density at radius 1 is 0.964 bits per heavy atom. The summed E-state index contributed by atoms with van der Waals surface area (Å²) in [7, 11) is 0. The van der Waals surface area contributed by atoms with E-state index < -0.39 is 0 Å². The van der Waals surface area contributed by atoms with Gasteiger partial charge in [-0.1, -0.05) is 37.5 Å². The molecule has 1 aromatic carbocycles. The molecule has 2 aliphatic rings.